The average Bonchev–Trinajstić information content (AvgIpc) is 3.29. The molecule has 3 aromatic heterocycles. The van der Waals surface area contributed by atoms with E-state index in [1.807, 2.05) is 12.1 Å². The molecule has 3 aromatic carbocycles. The van der Waals surface area contributed by atoms with Crippen molar-refractivity contribution in [3.63, 3.8) is 0 Å². The van der Waals surface area contributed by atoms with Crippen molar-refractivity contribution in [2.75, 3.05) is 0 Å². The quantitative estimate of drug-likeness (QED) is 0.368. The zero-order chi connectivity index (χ0) is 17.1. The van der Waals surface area contributed by atoms with E-state index in [2.05, 4.69) is 71.1 Å². The van der Waals surface area contributed by atoms with Crippen LogP contribution >= 0.6 is 11.3 Å². The van der Waals surface area contributed by atoms with Gasteiger partial charge in [0.25, 0.3) is 0 Å². The molecule has 0 atom stereocenters. The molecule has 0 radical (unpaired) electrons. The van der Waals surface area contributed by atoms with E-state index in [-0.39, 0.29) is 0 Å². The number of fused-ring (bicyclic) bond motifs is 6. The third-order valence-corrected chi connectivity index (χ3v) is 5.85. The Bertz CT molecular complexity index is 1410. The van der Waals surface area contributed by atoms with Crippen LogP contribution in [0.3, 0.4) is 0 Å². The summed E-state index contributed by atoms with van der Waals surface area (Å²) in [7, 11) is 0. The second-order valence-corrected chi connectivity index (χ2v) is 7.39. The molecule has 0 aliphatic carbocycles. The first-order chi connectivity index (χ1) is 12.9. The normalized spacial score (nSPS) is 11.8. The van der Waals surface area contributed by atoms with Gasteiger partial charge in [0, 0.05) is 10.8 Å². The lowest BCUT2D eigenvalue weighted by Gasteiger charge is -2.07. The van der Waals surface area contributed by atoms with Gasteiger partial charge in [0.05, 0.1) is 26.8 Å². The van der Waals surface area contributed by atoms with Gasteiger partial charge in [0.1, 0.15) is 0 Å². The molecule has 0 saturated carbocycles. The first-order valence-electron chi connectivity index (χ1n) is 8.53. The van der Waals surface area contributed by atoms with Gasteiger partial charge < -0.3 is 0 Å². The Balaban J connectivity index is 1.83. The van der Waals surface area contributed by atoms with E-state index < -0.39 is 0 Å². The predicted octanol–water partition coefficient (Wildman–Crippen LogP) is 5.92. The number of hydrogen-bond acceptors (Lipinski definition) is 3. The molecule has 26 heavy (non-hydrogen) atoms. The van der Waals surface area contributed by atoms with Crippen LogP contribution in [0.1, 0.15) is 0 Å². The molecule has 6 aromatic rings. The Hall–Kier alpha value is -3.24. The van der Waals surface area contributed by atoms with Crippen LogP contribution in [0.4, 0.5) is 0 Å². The third-order valence-electron chi connectivity index (χ3n) is 4.81. The lowest BCUT2D eigenvalue weighted by molar-refractivity contribution is 1.16. The molecule has 0 aliphatic heterocycles. The highest BCUT2D eigenvalue weighted by atomic mass is 32.1. The highest BCUT2D eigenvalue weighted by Crippen LogP contribution is 2.34. The van der Waals surface area contributed by atoms with Crippen LogP contribution in [0.2, 0.25) is 0 Å². The highest BCUT2D eigenvalue weighted by molar-refractivity contribution is 7.21. The molecule has 0 spiro atoms. The maximum atomic E-state index is 5.00. The largest absolute Gasteiger partial charge is 0.291 e. The summed E-state index contributed by atoms with van der Waals surface area (Å²) in [5, 5.41) is 3.32. The minimum absolute atomic E-state index is 0.904. The van der Waals surface area contributed by atoms with Crippen molar-refractivity contribution in [3.05, 3.63) is 78.9 Å². The van der Waals surface area contributed by atoms with Crippen molar-refractivity contribution in [2.45, 2.75) is 0 Å². The van der Waals surface area contributed by atoms with Crippen LogP contribution in [0.5, 0.6) is 0 Å². The second kappa shape index (κ2) is 5.13. The topological polar surface area (TPSA) is 30.2 Å². The van der Waals surface area contributed by atoms with Gasteiger partial charge in [0.15, 0.2) is 10.8 Å². The predicted molar refractivity (Wildman–Crippen MR) is 109 cm³/mol. The summed E-state index contributed by atoms with van der Waals surface area (Å²) in [6, 6.07) is 27.3. The van der Waals surface area contributed by atoms with Crippen LogP contribution < -0.4 is 0 Å². The zero-order valence-corrected chi connectivity index (χ0v) is 14.6. The van der Waals surface area contributed by atoms with E-state index in [4.69, 9.17) is 9.97 Å². The summed E-state index contributed by atoms with van der Waals surface area (Å²) in [5.41, 5.74) is 4.35. The Labute approximate surface area is 153 Å². The van der Waals surface area contributed by atoms with E-state index in [9.17, 15) is 0 Å². The molecule has 3 heterocycles. The van der Waals surface area contributed by atoms with Gasteiger partial charge in [0.2, 0.25) is 0 Å². The van der Waals surface area contributed by atoms with Crippen molar-refractivity contribution in [2.24, 2.45) is 0 Å². The number of thiazole rings is 1. The van der Waals surface area contributed by atoms with Crippen molar-refractivity contribution >= 4 is 48.9 Å². The lowest BCUT2D eigenvalue weighted by atomic mass is 10.2. The highest BCUT2D eigenvalue weighted by Gasteiger charge is 2.16. The van der Waals surface area contributed by atoms with Crippen molar-refractivity contribution in [3.8, 4) is 10.8 Å². The fourth-order valence-corrected chi connectivity index (χ4v) is 4.59. The van der Waals surface area contributed by atoms with Crippen LogP contribution in [-0.2, 0) is 0 Å². The minimum atomic E-state index is 0.904. The van der Waals surface area contributed by atoms with Gasteiger partial charge in [-0.2, -0.15) is 0 Å². The third kappa shape index (κ3) is 1.87. The number of hydrogen-bond donors (Lipinski definition) is 0. The standard InChI is InChI=1S/C22H13N3S/c1-5-11-18-14(7-1)13-19-15-8-2-3-9-16(15)23-21(25(18)19)22-24-17-10-4-6-12-20(17)26-22/h1-13H. The van der Waals surface area contributed by atoms with Crippen LogP contribution in [-0.4, -0.2) is 14.4 Å². The summed E-state index contributed by atoms with van der Waals surface area (Å²) in [4.78, 5) is 9.86. The molecule has 0 bridgehead atoms. The molecule has 6 rings (SSSR count). The Morgan fingerprint density at radius 1 is 0.692 bits per heavy atom. The molecule has 4 heteroatoms. The average molecular weight is 351 g/mol. The van der Waals surface area contributed by atoms with Gasteiger partial charge in [-0.25, -0.2) is 9.97 Å². The Kier molecular flexibility index (Phi) is 2.76. The minimum Gasteiger partial charge on any atom is -0.291 e. The number of para-hydroxylation sites is 3. The molecule has 0 N–H and O–H groups in total. The molecular formula is C22H13N3S. The fourth-order valence-electron chi connectivity index (χ4n) is 3.64. The van der Waals surface area contributed by atoms with Crippen molar-refractivity contribution < 1.29 is 0 Å². The summed E-state index contributed by atoms with van der Waals surface area (Å²) < 4.78 is 3.43. The van der Waals surface area contributed by atoms with Gasteiger partial charge in [-0.1, -0.05) is 48.5 Å². The smallest absolute Gasteiger partial charge is 0.174 e. The Morgan fingerprint density at radius 2 is 1.46 bits per heavy atom. The van der Waals surface area contributed by atoms with Gasteiger partial charge in [-0.15, -0.1) is 11.3 Å². The maximum absolute atomic E-state index is 5.00. The molecular weight excluding hydrogens is 338 g/mol. The number of nitrogens with zero attached hydrogens (tertiary/aromatic N) is 3. The van der Waals surface area contributed by atoms with Crippen molar-refractivity contribution in [1.29, 1.82) is 0 Å². The number of benzene rings is 3. The number of rotatable bonds is 1. The molecule has 0 amide bonds. The summed E-state index contributed by atoms with van der Waals surface area (Å²) in [6.07, 6.45) is 0. The zero-order valence-electron chi connectivity index (χ0n) is 13.8. The molecule has 122 valence electrons. The van der Waals surface area contributed by atoms with Crippen molar-refractivity contribution in [1.82, 2.24) is 14.4 Å². The lowest BCUT2D eigenvalue weighted by Crippen LogP contribution is -1.96. The van der Waals surface area contributed by atoms with Crippen LogP contribution in [0, 0.1) is 0 Å². The SMILES string of the molecule is c1ccc2c(c1)cc1c3ccccc3nc(-c3nc4ccccc4s3)n21. The summed E-state index contributed by atoms with van der Waals surface area (Å²) in [6.45, 7) is 0. The molecule has 0 aliphatic rings. The Morgan fingerprint density at radius 3 is 2.38 bits per heavy atom. The first-order valence-corrected chi connectivity index (χ1v) is 9.35. The molecule has 0 saturated heterocycles. The van der Waals surface area contributed by atoms with Crippen LogP contribution in [0.25, 0.3) is 48.4 Å². The van der Waals surface area contributed by atoms with E-state index in [1.54, 1.807) is 11.3 Å². The van der Waals surface area contributed by atoms with Gasteiger partial charge in [-0.05, 0) is 30.3 Å². The monoisotopic (exact) mass is 351 g/mol. The summed E-state index contributed by atoms with van der Waals surface area (Å²) in [5.74, 6) is 0.904. The molecule has 0 unspecified atom stereocenters. The van der Waals surface area contributed by atoms with E-state index in [1.165, 1.54) is 15.6 Å². The van der Waals surface area contributed by atoms with E-state index in [0.29, 0.717) is 0 Å². The molecule has 0 fully saturated rings. The molecule has 3 nitrogen and oxygen atoms in total. The number of aromatic nitrogens is 3. The summed E-state index contributed by atoms with van der Waals surface area (Å²) >= 11 is 1.69. The van der Waals surface area contributed by atoms with Crippen LogP contribution in [0.15, 0.2) is 78.9 Å². The van der Waals surface area contributed by atoms with E-state index in [0.717, 1.165) is 32.8 Å². The van der Waals surface area contributed by atoms with Gasteiger partial charge >= 0.3 is 0 Å². The maximum Gasteiger partial charge on any atom is 0.174 e. The first kappa shape index (κ1) is 14.0. The fraction of sp³-hybridized carbons (Fsp3) is 0. The van der Waals surface area contributed by atoms with Gasteiger partial charge in [-0.3, -0.25) is 4.40 Å². The second-order valence-electron chi connectivity index (χ2n) is 6.36. The van der Waals surface area contributed by atoms with E-state index >= 15 is 0 Å².